The lowest BCUT2D eigenvalue weighted by Crippen LogP contribution is -2.45. The van der Waals surface area contributed by atoms with Crippen LogP contribution >= 0.6 is 0 Å². The molecule has 0 amide bonds. The zero-order valence-electron chi connectivity index (χ0n) is 12.0. The van der Waals surface area contributed by atoms with E-state index in [0.717, 1.165) is 37.2 Å². The van der Waals surface area contributed by atoms with Gasteiger partial charge < -0.3 is 9.84 Å². The number of carboxylic acid groups (broad SMARTS) is 1. The summed E-state index contributed by atoms with van der Waals surface area (Å²) in [6.45, 7) is 4.30. The molecule has 1 saturated heterocycles. The summed E-state index contributed by atoms with van der Waals surface area (Å²) in [6.07, 6.45) is 3.90. The highest BCUT2D eigenvalue weighted by Gasteiger charge is 2.27. The first-order valence-electron chi connectivity index (χ1n) is 7.40. The molecule has 0 aliphatic carbocycles. The van der Waals surface area contributed by atoms with Crippen molar-refractivity contribution in [1.29, 1.82) is 0 Å². The molecule has 1 aliphatic rings. The second-order valence-electron chi connectivity index (χ2n) is 5.20. The summed E-state index contributed by atoms with van der Waals surface area (Å²) in [7, 11) is 0. The lowest BCUT2D eigenvalue weighted by atomic mass is 10.0. The van der Waals surface area contributed by atoms with Crippen molar-refractivity contribution < 1.29 is 14.6 Å². The van der Waals surface area contributed by atoms with Crippen LogP contribution in [0.15, 0.2) is 24.3 Å². The van der Waals surface area contributed by atoms with Crippen LogP contribution in [0.2, 0.25) is 0 Å². The van der Waals surface area contributed by atoms with Crippen LogP contribution in [0.4, 0.5) is 0 Å². The summed E-state index contributed by atoms with van der Waals surface area (Å²) in [5.41, 5.74) is 0.979. The molecule has 1 aromatic rings. The molecule has 4 nitrogen and oxygen atoms in total. The predicted molar refractivity (Wildman–Crippen MR) is 78.2 cm³/mol. The third kappa shape index (κ3) is 3.73. The van der Waals surface area contributed by atoms with Gasteiger partial charge in [0.15, 0.2) is 0 Å². The van der Waals surface area contributed by atoms with E-state index in [9.17, 15) is 9.90 Å². The quantitative estimate of drug-likeness (QED) is 0.868. The lowest BCUT2D eigenvalue weighted by molar-refractivity contribution is -0.143. The van der Waals surface area contributed by atoms with Crippen molar-refractivity contribution in [3.8, 4) is 5.75 Å². The number of nitrogens with zero attached hydrogens (tertiary/aromatic N) is 1. The molecule has 1 heterocycles. The zero-order valence-corrected chi connectivity index (χ0v) is 12.0. The maximum Gasteiger partial charge on any atom is 0.321 e. The largest absolute Gasteiger partial charge is 0.494 e. The summed E-state index contributed by atoms with van der Waals surface area (Å²) < 4.78 is 5.59. The average molecular weight is 277 g/mol. The van der Waals surface area contributed by atoms with Crippen molar-refractivity contribution in [3.05, 3.63) is 29.8 Å². The Hall–Kier alpha value is -1.55. The van der Waals surface area contributed by atoms with E-state index in [1.165, 1.54) is 6.42 Å². The predicted octanol–water partition coefficient (Wildman–Crippen LogP) is 2.57. The van der Waals surface area contributed by atoms with Gasteiger partial charge in [0.2, 0.25) is 0 Å². The molecule has 4 heteroatoms. The minimum absolute atomic E-state index is 0.447. The first kappa shape index (κ1) is 14.9. The smallest absolute Gasteiger partial charge is 0.321 e. The van der Waals surface area contributed by atoms with Crippen LogP contribution in [0, 0.1) is 0 Å². The summed E-state index contributed by atoms with van der Waals surface area (Å²) >= 11 is 0. The second-order valence-corrected chi connectivity index (χ2v) is 5.20. The monoisotopic (exact) mass is 277 g/mol. The van der Waals surface area contributed by atoms with E-state index < -0.39 is 12.0 Å². The van der Waals surface area contributed by atoms with E-state index in [1.54, 1.807) is 0 Å². The van der Waals surface area contributed by atoms with Gasteiger partial charge in [-0.1, -0.05) is 24.6 Å². The molecular weight excluding hydrogens is 254 g/mol. The summed E-state index contributed by atoms with van der Waals surface area (Å²) in [5.74, 6) is 0.0662. The number of rotatable bonds is 6. The Kier molecular flexibility index (Phi) is 5.41. The number of likely N-dealkylation sites (tertiary alicyclic amines) is 1. The van der Waals surface area contributed by atoms with Crippen LogP contribution in [-0.4, -0.2) is 41.7 Å². The standard InChI is InChI=1S/C16H23NO3/c1-2-20-15-9-5-4-8-13(15)12-14(16(18)19)17-10-6-3-7-11-17/h4-5,8-9,14H,2-3,6-7,10-12H2,1H3,(H,18,19)/t14-/m0/s1. The third-order valence-corrected chi connectivity index (χ3v) is 3.80. The number of hydrogen-bond acceptors (Lipinski definition) is 3. The van der Waals surface area contributed by atoms with E-state index in [4.69, 9.17) is 4.74 Å². The van der Waals surface area contributed by atoms with Crippen LogP contribution in [-0.2, 0) is 11.2 Å². The number of carbonyl (C=O) groups is 1. The maximum absolute atomic E-state index is 11.6. The lowest BCUT2D eigenvalue weighted by Gasteiger charge is -2.32. The maximum atomic E-state index is 11.6. The van der Waals surface area contributed by atoms with Crippen LogP contribution in [0.1, 0.15) is 31.7 Å². The van der Waals surface area contributed by atoms with E-state index in [2.05, 4.69) is 4.90 Å². The molecule has 0 unspecified atom stereocenters. The van der Waals surface area contributed by atoms with Crippen LogP contribution in [0.5, 0.6) is 5.75 Å². The zero-order chi connectivity index (χ0) is 14.4. The number of hydrogen-bond donors (Lipinski definition) is 1. The Bertz CT molecular complexity index is 441. The first-order chi connectivity index (χ1) is 9.72. The average Bonchev–Trinajstić information content (AvgIpc) is 2.47. The summed E-state index contributed by atoms with van der Waals surface area (Å²) in [5, 5.41) is 9.53. The molecule has 1 N–H and O–H groups in total. The van der Waals surface area contributed by atoms with Crippen molar-refractivity contribution >= 4 is 5.97 Å². The molecule has 2 rings (SSSR count). The highest BCUT2D eigenvalue weighted by Crippen LogP contribution is 2.23. The van der Waals surface area contributed by atoms with E-state index >= 15 is 0 Å². The van der Waals surface area contributed by atoms with Crippen molar-refractivity contribution in [2.45, 2.75) is 38.6 Å². The number of ether oxygens (including phenoxy) is 1. The van der Waals surface area contributed by atoms with Gasteiger partial charge in [-0.2, -0.15) is 0 Å². The molecule has 0 saturated carbocycles. The fourth-order valence-electron chi connectivity index (χ4n) is 2.78. The van der Waals surface area contributed by atoms with Gasteiger partial charge in [-0.3, -0.25) is 9.69 Å². The molecular formula is C16H23NO3. The van der Waals surface area contributed by atoms with Gasteiger partial charge >= 0.3 is 5.97 Å². The van der Waals surface area contributed by atoms with Gasteiger partial charge in [-0.25, -0.2) is 0 Å². The van der Waals surface area contributed by atoms with Gasteiger partial charge in [0, 0.05) is 6.42 Å². The third-order valence-electron chi connectivity index (χ3n) is 3.80. The molecule has 0 aromatic heterocycles. The fourth-order valence-corrected chi connectivity index (χ4v) is 2.78. The Morgan fingerprint density at radius 2 is 2.00 bits per heavy atom. The van der Waals surface area contributed by atoms with E-state index in [0.29, 0.717) is 13.0 Å². The molecule has 0 spiro atoms. The molecule has 0 radical (unpaired) electrons. The minimum atomic E-state index is -0.738. The molecule has 1 fully saturated rings. The topological polar surface area (TPSA) is 49.8 Å². The minimum Gasteiger partial charge on any atom is -0.494 e. The Labute approximate surface area is 120 Å². The van der Waals surface area contributed by atoms with Crippen LogP contribution < -0.4 is 4.74 Å². The highest BCUT2D eigenvalue weighted by atomic mass is 16.5. The van der Waals surface area contributed by atoms with Gasteiger partial charge in [0.05, 0.1) is 6.61 Å². The molecule has 110 valence electrons. The number of piperidine rings is 1. The molecule has 0 bridgehead atoms. The van der Waals surface area contributed by atoms with Crippen LogP contribution in [0.3, 0.4) is 0 Å². The molecule has 1 atom stereocenters. The van der Waals surface area contributed by atoms with Gasteiger partial charge in [-0.15, -0.1) is 0 Å². The molecule has 20 heavy (non-hydrogen) atoms. The Morgan fingerprint density at radius 1 is 1.30 bits per heavy atom. The number of carboxylic acids is 1. The van der Waals surface area contributed by atoms with Gasteiger partial charge in [0.1, 0.15) is 11.8 Å². The SMILES string of the molecule is CCOc1ccccc1C[C@@H](C(=O)O)N1CCCCC1. The number of benzene rings is 1. The first-order valence-corrected chi connectivity index (χ1v) is 7.40. The van der Waals surface area contributed by atoms with Crippen molar-refractivity contribution in [3.63, 3.8) is 0 Å². The molecule has 1 aromatic carbocycles. The highest BCUT2D eigenvalue weighted by molar-refractivity contribution is 5.74. The van der Waals surface area contributed by atoms with Crippen molar-refractivity contribution in [1.82, 2.24) is 4.90 Å². The van der Waals surface area contributed by atoms with Gasteiger partial charge in [0.25, 0.3) is 0 Å². The summed E-state index contributed by atoms with van der Waals surface area (Å²) in [6, 6.07) is 7.29. The van der Waals surface area contributed by atoms with E-state index in [-0.39, 0.29) is 0 Å². The van der Waals surface area contributed by atoms with Crippen LogP contribution in [0.25, 0.3) is 0 Å². The second kappa shape index (κ2) is 7.29. The number of aliphatic carboxylic acids is 1. The van der Waals surface area contributed by atoms with E-state index in [1.807, 2.05) is 31.2 Å². The summed E-state index contributed by atoms with van der Waals surface area (Å²) in [4.78, 5) is 13.7. The molecule has 1 aliphatic heterocycles. The van der Waals surface area contributed by atoms with Gasteiger partial charge in [-0.05, 0) is 44.5 Å². The Balaban J connectivity index is 2.13. The Morgan fingerprint density at radius 3 is 2.65 bits per heavy atom. The van der Waals surface area contributed by atoms with Crippen molar-refractivity contribution in [2.24, 2.45) is 0 Å². The fraction of sp³-hybridized carbons (Fsp3) is 0.562. The number of para-hydroxylation sites is 1. The van der Waals surface area contributed by atoms with Crippen molar-refractivity contribution in [2.75, 3.05) is 19.7 Å². The normalized spacial score (nSPS) is 17.6.